The van der Waals surface area contributed by atoms with Crippen molar-refractivity contribution in [2.75, 3.05) is 5.73 Å². The van der Waals surface area contributed by atoms with Crippen molar-refractivity contribution in [2.45, 2.75) is 19.4 Å². The van der Waals surface area contributed by atoms with Crippen molar-refractivity contribution in [3.63, 3.8) is 0 Å². The van der Waals surface area contributed by atoms with Gasteiger partial charge in [-0.25, -0.2) is 0 Å². The molecule has 7 nitrogen and oxygen atoms in total. The van der Waals surface area contributed by atoms with Crippen LogP contribution in [0.1, 0.15) is 40.1 Å². The third kappa shape index (κ3) is 3.03. The highest BCUT2D eigenvalue weighted by atomic mass is 16.3. The Kier molecular flexibility index (Phi) is 3.70. The third-order valence-electron chi connectivity index (χ3n) is 3.57. The van der Waals surface area contributed by atoms with Gasteiger partial charge >= 0.3 is 0 Å². The molecule has 0 saturated carbocycles. The van der Waals surface area contributed by atoms with Gasteiger partial charge in [-0.3, -0.25) is 24.3 Å². The molecule has 1 aromatic heterocycles. The highest BCUT2D eigenvalue weighted by molar-refractivity contribution is 6.23. The maximum atomic E-state index is 12.4. The third-order valence-corrected chi connectivity index (χ3v) is 3.57. The van der Waals surface area contributed by atoms with Crippen LogP contribution in [0, 0.1) is 11.8 Å². The molecule has 0 atom stereocenters. The maximum absolute atomic E-state index is 12.4. The van der Waals surface area contributed by atoms with E-state index in [4.69, 9.17) is 5.73 Å². The van der Waals surface area contributed by atoms with E-state index >= 15 is 0 Å². The molecule has 2 aromatic rings. The summed E-state index contributed by atoms with van der Waals surface area (Å²) in [6.07, 6.45) is 0. The van der Waals surface area contributed by atoms with Crippen molar-refractivity contribution in [3.8, 4) is 17.5 Å². The Bertz CT molecular complexity index is 1030. The Balaban J connectivity index is 2.17. The van der Waals surface area contributed by atoms with E-state index in [0.717, 1.165) is 10.6 Å². The number of anilines is 1. The fourth-order valence-corrected chi connectivity index (χ4v) is 2.49. The average molecular weight is 337 g/mol. The number of amides is 2. The largest absolute Gasteiger partial charge is 0.384 e. The number of aromatic nitrogens is 1. The summed E-state index contributed by atoms with van der Waals surface area (Å²) >= 11 is 0. The second kappa shape index (κ2) is 5.61. The number of hydrogen-bond donors (Lipinski definition) is 3. The highest BCUT2D eigenvalue weighted by Gasteiger charge is 2.31. The van der Waals surface area contributed by atoms with Gasteiger partial charge in [0.25, 0.3) is 17.4 Å². The smallest absolute Gasteiger partial charge is 0.262 e. The number of benzene rings is 1. The molecule has 1 aliphatic heterocycles. The first kappa shape index (κ1) is 16.5. The quantitative estimate of drug-likeness (QED) is 0.515. The zero-order valence-corrected chi connectivity index (χ0v) is 13.6. The molecule has 0 aliphatic carbocycles. The molecule has 2 heterocycles. The number of nitrogens with zero attached hydrogens (tertiary/aromatic N) is 1. The molecular formula is C18H15N3O4. The van der Waals surface area contributed by atoms with Crippen LogP contribution >= 0.6 is 0 Å². The number of rotatable bonds is 1. The summed E-state index contributed by atoms with van der Waals surface area (Å²) < 4.78 is 1.15. The van der Waals surface area contributed by atoms with E-state index < -0.39 is 23.0 Å². The molecule has 0 bridgehead atoms. The van der Waals surface area contributed by atoms with Crippen LogP contribution in [-0.4, -0.2) is 27.1 Å². The summed E-state index contributed by atoms with van der Waals surface area (Å²) in [5, 5.41) is 11.8. The first-order valence-corrected chi connectivity index (χ1v) is 7.44. The molecule has 3 rings (SSSR count). The molecule has 2 amide bonds. The van der Waals surface area contributed by atoms with Crippen LogP contribution in [0.15, 0.2) is 35.1 Å². The Morgan fingerprint density at radius 3 is 2.56 bits per heavy atom. The lowest BCUT2D eigenvalue weighted by Gasteiger charge is -2.12. The molecule has 0 spiro atoms. The highest BCUT2D eigenvalue weighted by Crippen LogP contribution is 2.23. The summed E-state index contributed by atoms with van der Waals surface area (Å²) in [6, 6.07) is 7.72. The molecule has 4 N–H and O–H groups in total. The fourth-order valence-electron chi connectivity index (χ4n) is 2.49. The minimum absolute atomic E-state index is 0.0161. The van der Waals surface area contributed by atoms with Gasteiger partial charge in [0.1, 0.15) is 11.4 Å². The Labute approximate surface area is 143 Å². The lowest BCUT2D eigenvalue weighted by Crippen LogP contribution is -2.24. The predicted molar refractivity (Wildman–Crippen MR) is 91.4 cm³/mol. The van der Waals surface area contributed by atoms with E-state index in [1.165, 1.54) is 0 Å². The topological polar surface area (TPSA) is 114 Å². The molecule has 0 unspecified atom stereocenters. The van der Waals surface area contributed by atoms with Gasteiger partial charge in [0.05, 0.1) is 16.8 Å². The second-order valence-electron chi connectivity index (χ2n) is 6.13. The van der Waals surface area contributed by atoms with Crippen molar-refractivity contribution < 1.29 is 14.7 Å². The number of hydrogen-bond acceptors (Lipinski definition) is 5. The lowest BCUT2D eigenvalue weighted by atomic mass is 10.1. The normalized spacial score (nSPS) is 13.1. The Hall–Kier alpha value is -3.37. The maximum Gasteiger partial charge on any atom is 0.262 e. The number of aliphatic hydroxyl groups is 1. The van der Waals surface area contributed by atoms with Crippen molar-refractivity contribution in [1.82, 2.24) is 9.88 Å². The number of carbonyl (C=O) groups is 2. The molecule has 25 heavy (non-hydrogen) atoms. The van der Waals surface area contributed by atoms with E-state index in [1.54, 1.807) is 38.1 Å². The lowest BCUT2D eigenvalue weighted by molar-refractivity contribution is 0.0879. The van der Waals surface area contributed by atoms with Crippen LogP contribution in [0.25, 0.3) is 5.69 Å². The molecule has 126 valence electrons. The number of pyridine rings is 1. The second-order valence-corrected chi connectivity index (χ2v) is 6.13. The van der Waals surface area contributed by atoms with E-state index in [2.05, 4.69) is 17.2 Å². The van der Waals surface area contributed by atoms with Gasteiger partial charge in [0.15, 0.2) is 0 Å². The molecule has 7 heteroatoms. The van der Waals surface area contributed by atoms with Gasteiger partial charge in [-0.2, -0.15) is 0 Å². The van der Waals surface area contributed by atoms with Crippen LogP contribution in [0.5, 0.6) is 0 Å². The van der Waals surface area contributed by atoms with Gasteiger partial charge in [-0.05, 0) is 32.0 Å². The zero-order valence-electron chi connectivity index (χ0n) is 13.6. The summed E-state index contributed by atoms with van der Waals surface area (Å²) in [6.45, 7) is 3.12. The van der Waals surface area contributed by atoms with Gasteiger partial charge in [-0.15, -0.1) is 0 Å². The summed E-state index contributed by atoms with van der Waals surface area (Å²) in [5.41, 5.74) is 5.22. The minimum Gasteiger partial charge on any atom is -0.384 e. The number of nitrogens with two attached hydrogens (primary N) is 1. The van der Waals surface area contributed by atoms with E-state index in [9.17, 15) is 19.5 Å². The molecule has 1 aliphatic rings. The van der Waals surface area contributed by atoms with Crippen molar-refractivity contribution in [1.29, 1.82) is 0 Å². The van der Waals surface area contributed by atoms with Gasteiger partial charge in [0, 0.05) is 11.6 Å². The van der Waals surface area contributed by atoms with Gasteiger partial charge in [-0.1, -0.05) is 17.9 Å². The number of carbonyl (C=O) groups excluding carboxylic acids is 2. The number of imide groups is 1. The van der Waals surface area contributed by atoms with Gasteiger partial charge < -0.3 is 10.8 Å². The SMILES string of the molecule is CC(C)(O)C#Cc1cccc(-n2c(N)c3c(cc2=O)C(=O)NC3=O)c1. The van der Waals surface area contributed by atoms with Crippen LogP contribution in [0.2, 0.25) is 0 Å². The summed E-state index contributed by atoms with van der Waals surface area (Å²) in [7, 11) is 0. The minimum atomic E-state index is -1.15. The molecular weight excluding hydrogens is 322 g/mol. The molecule has 0 saturated heterocycles. The first-order valence-electron chi connectivity index (χ1n) is 7.44. The van der Waals surface area contributed by atoms with Crippen LogP contribution < -0.4 is 16.6 Å². The zero-order chi connectivity index (χ0) is 18.4. The van der Waals surface area contributed by atoms with Crippen LogP contribution in [0.4, 0.5) is 5.82 Å². The van der Waals surface area contributed by atoms with E-state index in [0.29, 0.717) is 11.3 Å². The van der Waals surface area contributed by atoms with Crippen LogP contribution in [0.3, 0.4) is 0 Å². The first-order chi connectivity index (χ1) is 11.7. The number of fused-ring (bicyclic) bond motifs is 1. The predicted octanol–water partition coefficient (Wildman–Crippen LogP) is 0.426. The standard InChI is InChI=1S/C18H15N3O4/c1-18(2,25)7-6-10-4-3-5-11(8-10)21-13(22)9-12-14(15(21)19)17(24)20-16(12)23/h3-5,8-9,25H,19H2,1-2H3,(H,20,23,24). The monoisotopic (exact) mass is 337 g/mol. The number of nitrogen functional groups attached to an aromatic ring is 1. The summed E-state index contributed by atoms with van der Waals surface area (Å²) in [5.74, 6) is 4.11. The number of nitrogens with one attached hydrogen (secondary N) is 1. The Morgan fingerprint density at radius 2 is 1.88 bits per heavy atom. The van der Waals surface area contributed by atoms with E-state index in [-0.39, 0.29) is 16.9 Å². The van der Waals surface area contributed by atoms with Crippen molar-refractivity contribution >= 4 is 17.6 Å². The van der Waals surface area contributed by atoms with Crippen molar-refractivity contribution in [2.24, 2.45) is 0 Å². The van der Waals surface area contributed by atoms with Crippen LogP contribution in [-0.2, 0) is 0 Å². The molecule has 1 aromatic carbocycles. The summed E-state index contributed by atoms with van der Waals surface area (Å²) in [4.78, 5) is 36.0. The fraction of sp³-hybridized carbons (Fsp3) is 0.167. The Morgan fingerprint density at radius 1 is 1.16 bits per heavy atom. The molecule has 0 radical (unpaired) electrons. The van der Waals surface area contributed by atoms with Crippen molar-refractivity contribution in [3.05, 3.63) is 57.4 Å². The van der Waals surface area contributed by atoms with E-state index in [1.807, 2.05) is 0 Å². The average Bonchev–Trinajstić information content (AvgIpc) is 2.79. The van der Waals surface area contributed by atoms with Gasteiger partial charge in [0.2, 0.25) is 0 Å². The molecule has 0 fully saturated rings.